The number of carbonyl (C=O) groups excluding carboxylic acids is 1. The van der Waals surface area contributed by atoms with Gasteiger partial charge in [0, 0.05) is 27.4 Å². The summed E-state index contributed by atoms with van der Waals surface area (Å²) in [5, 5.41) is 4.23. The smallest absolute Gasteiger partial charge is 0.252 e. The lowest BCUT2D eigenvalue weighted by Crippen LogP contribution is -2.29. The molecule has 2 aromatic carbocycles. The average Bonchev–Trinajstić information content (AvgIpc) is 2.79. The number of nitrogens with one attached hydrogen (secondary N) is 1. The van der Waals surface area contributed by atoms with Crippen molar-refractivity contribution in [3.63, 3.8) is 0 Å². The van der Waals surface area contributed by atoms with Crippen molar-refractivity contribution in [3.8, 4) is 11.3 Å². The second-order valence-electron chi connectivity index (χ2n) is 6.75. The summed E-state index contributed by atoms with van der Waals surface area (Å²) >= 11 is 12.0. The summed E-state index contributed by atoms with van der Waals surface area (Å²) < 4.78 is 0. The Morgan fingerprint density at radius 2 is 1.77 bits per heavy atom. The quantitative estimate of drug-likeness (QED) is 0.326. The maximum absolute atomic E-state index is 13.0. The summed E-state index contributed by atoms with van der Waals surface area (Å²) in [5.41, 5.74) is 3.68. The number of amides is 1. The van der Waals surface area contributed by atoms with Gasteiger partial charge in [0.1, 0.15) is 0 Å². The third-order valence-corrected chi connectivity index (χ3v) is 4.93. The molecule has 1 N–H and O–H groups in total. The van der Waals surface area contributed by atoms with Crippen molar-refractivity contribution in [2.45, 2.75) is 13.0 Å². The second-order valence-corrected chi connectivity index (χ2v) is 7.79. The lowest BCUT2D eigenvalue weighted by molar-refractivity contribution is 0.0942. The van der Waals surface area contributed by atoms with E-state index >= 15 is 0 Å². The molecule has 0 aliphatic rings. The van der Waals surface area contributed by atoms with E-state index in [1.54, 1.807) is 49.5 Å². The predicted molar refractivity (Wildman–Crippen MR) is 129 cm³/mol. The summed E-state index contributed by atoms with van der Waals surface area (Å²) in [6.07, 6.45) is 5.18. The highest BCUT2D eigenvalue weighted by Crippen LogP contribution is 2.26. The third-order valence-electron chi connectivity index (χ3n) is 4.55. The molecule has 0 saturated heterocycles. The van der Waals surface area contributed by atoms with Crippen LogP contribution in [0.3, 0.4) is 0 Å². The van der Waals surface area contributed by atoms with E-state index < -0.39 is 6.04 Å². The van der Waals surface area contributed by atoms with Gasteiger partial charge in [-0.25, -0.2) is 0 Å². The summed E-state index contributed by atoms with van der Waals surface area (Å²) in [7, 11) is 0. The number of allylic oxidation sites excluding steroid dienone is 3. The van der Waals surface area contributed by atoms with Crippen molar-refractivity contribution in [1.82, 2.24) is 10.3 Å². The number of hydrogen-bond donors (Lipinski definition) is 1. The summed E-state index contributed by atoms with van der Waals surface area (Å²) in [6.45, 7) is 5.41. The maximum atomic E-state index is 13.0. The van der Waals surface area contributed by atoms with Crippen LogP contribution in [0.1, 0.15) is 28.9 Å². The van der Waals surface area contributed by atoms with Crippen LogP contribution in [-0.4, -0.2) is 17.6 Å². The van der Waals surface area contributed by atoms with E-state index in [0.717, 1.165) is 16.8 Å². The zero-order valence-electron chi connectivity index (χ0n) is 16.9. The van der Waals surface area contributed by atoms with Crippen molar-refractivity contribution in [3.05, 3.63) is 112 Å². The number of pyridine rings is 1. The predicted octanol–water partition coefficient (Wildman–Crippen LogP) is 6.60. The fourth-order valence-corrected chi connectivity index (χ4v) is 3.15. The Kier molecular flexibility index (Phi) is 7.76. The Morgan fingerprint density at radius 3 is 2.35 bits per heavy atom. The van der Waals surface area contributed by atoms with Crippen LogP contribution >= 0.6 is 23.2 Å². The molecule has 1 atom stereocenters. The maximum Gasteiger partial charge on any atom is 0.252 e. The molecule has 0 radical (unpaired) electrons. The minimum absolute atomic E-state index is 0.242. The summed E-state index contributed by atoms with van der Waals surface area (Å²) in [4.78, 5) is 21.5. The number of halogens is 2. The molecule has 1 heterocycles. The minimum Gasteiger partial charge on any atom is -0.340 e. The number of aliphatic imine (C=N–C) groups is 1. The first kappa shape index (κ1) is 22.5. The van der Waals surface area contributed by atoms with E-state index in [2.05, 4.69) is 22.0 Å². The van der Waals surface area contributed by atoms with Crippen molar-refractivity contribution in [2.75, 3.05) is 0 Å². The average molecular weight is 450 g/mol. The van der Waals surface area contributed by atoms with Crippen LogP contribution in [0.4, 0.5) is 0 Å². The SMILES string of the molecule is C=N/C(=C\C=C(/C)Cl)[C@@H](NC(=O)c1ccc(-c2ccccn2)cc1)c1ccc(Cl)cc1. The Morgan fingerprint density at radius 1 is 1.06 bits per heavy atom. The molecule has 6 heteroatoms. The normalized spacial score (nSPS) is 12.9. The van der Waals surface area contributed by atoms with Crippen molar-refractivity contribution in [2.24, 2.45) is 4.99 Å². The second kappa shape index (κ2) is 10.7. The molecule has 31 heavy (non-hydrogen) atoms. The first-order valence-corrected chi connectivity index (χ1v) is 10.3. The Balaban J connectivity index is 1.88. The largest absolute Gasteiger partial charge is 0.340 e. The fourth-order valence-electron chi connectivity index (χ4n) is 2.96. The van der Waals surface area contributed by atoms with Gasteiger partial charge in [-0.3, -0.25) is 14.8 Å². The number of hydrogen-bond acceptors (Lipinski definition) is 3. The van der Waals surface area contributed by atoms with Gasteiger partial charge in [-0.2, -0.15) is 0 Å². The van der Waals surface area contributed by atoms with Gasteiger partial charge in [0.15, 0.2) is 0 Å². The summed E-state index contributed by atoms with van der Waals surface area (Å²) in [6, 6.07) is 19.7. The van der Waals surface area contributed by atoms with E-state index in [-0.39, 0.29) is 5.91 Å². The van der Waals surface area contributed by atoms with Crippen LogP contribution in [-0.2, 0) is 0 Å². The van der Waals surface area contributed by atoms with Crippen molar-refractivity contribution >= 4 is 35.8 Å². The molecule has 1 amide bonds. The number of aromatic nitrogens is 1. The molecule has 0 saturated carbocycles. The number of nitrogens with zero attached hydrogens (tertiary/aromatic N) is 2. The topological polar surface area (TPSA) is 54.4 Å². The van der Waals surface area contributed by atoms with Gasteiger partial charge >= 0.3 is 0 Å². The van der Waals surface area contributed by atoms with Gasteiger partial charge in [-0.15, -0.1) is 0 Å². The number of benzene rings is 2. The molecular weight excluding hydrogens is 429 g/mol. The van der Waals surface area contributed by atoms with Crippen LogP contribution in [0.5, 0.6) is 0 Å². The van der Waals surface area contributed by atoms with E-state index in [0.29, 0.717) is 21.3 Å². The summed E-state index contributed by atoms with van der Waals surface area (Å²) in [5.74, 6) is -0.242. The zero-order chi connectivity index (χ0) is 22.2. The molecule has 0 aliphatic heterocycles. The lowest BCUT2D eigenvalue weighted by atomic mass is 10.0. The van der Waals surface area contributed by atoms with Crippen molar-refractivity contribution in [1.29, 1.82) is 0 Å². The van der Waals surface area contributed by atoms with Gasteiger partial charge < -0.3 is 5.32 Å². The molecule has 0 bridgehead atoms. The highest BCUT2D eigenvalue weighted by Gasteiger charge is 2.19. The van der Waals surface area contributed by atoms with Gasteiger partial charge in [0.2, 0.25) is 0 Å². The van der Waals surface area contributed by atoms with Crippen LogP contribution in [0.2, 0.25) is 5.02 Å². The van der Waals surface area contributed by atoms with E-state index in [9.17, 15) is 4.79 Å². The van der Waals surface area contributed by atoms with Crippen LogP contribution in [0.15, 0.2) is 101 Å². The molecule has 156 valence electrons. The standard InChI is InChI=1S/C25H21Cl2N3O/c1-17(26)6-15-23(28-2)24(19-11-13-21(27)14-12-19)30-25(31)20-9-7-18(8-10-20)22-5-3-4-16-29-22/h3-16,24H,2H2,1H3,(H,30,31)/b17-6+,23-15-/t24-/m0/s1. The lowest BCUT2D eigenvalue weighted by Gasteiger charge is -2.20. The number of carbonyl (C=O) groups is 1. The first-order valence-electron chi connectivity index (χ1n) is 9.56. The van der Waals surface area contributed by atoms with Gasteiger partial charge in [-0.1, -0.05) is 53.5 Å². The molecule has 1 aromatic heterocycles. The Labute approximate surface area is 192 Å². The molecule has 3 rings (SSSR count). The van der Waals surface area contributed by atoms with Crippen LogP contribution in [0.25, 0.3) is 11.3 Å². The molecular formula is C25H21Cl2N3O. The highest BCUT2D eigenvalue weighted by molar-refractivity contribution is 6.30. The van der Waals surface area contributed by atoms with Gasteiger partial charge in [0.05, 0.1) is 17.4 Å². The Hall–Kier alpha value is -3.21. The highest BCUT2D eigenvalue weighted by atomic mass is 35.5. The van der Waals surface area contributed by atoms with E-state index in [4.69, 9.17) is 23.2 Å². The van der Waals surface area contributed by atoms with Crippen LogP contribution < -0.4 is 5.32 Å². The zero-order valence-corrected chi connectivity index (χ0v) is 18.4. The molecule has 0 spiro atoms. The van der Waals surface area contributed by atoms with Gasteiger partial charge in [0.25, 0.3) is 5.91 Å². The minimum atomic E-state index is -0.523. The molecule has 0 aliphatic carbocycles. The molecule has 4 nitrogen and oxygen atoms in total. The van der Waals surface area contributed by atoms with E-state index in [1.807, 2.05) is 42.5 Å². The van der Waals surface area contributed by atoms with Crippen LogP contribution in [0, 0.1) is 0 Å². The van der Waals surface area contributed by atoms with Gasteiger partial charge in [-0.05, 0) is 67.8 Å². The first-order chi connectivity index (χ1) is 15.0. The fraction of sp³-hybridized carbons (Fsp3) is 0.0800. The number of rotatable bonds is 7. The molecule has 3 aromatic rings. The molecule has 0 fully saturated rings. The monoisotopic (exact) mass is 449 g/mol. The third kappa shape index (κ3) is 6.14. The van der Waals surface area contributed by atoms with Crippen molar-refractivity contribution < 1.29 is 4.79 Å². The Bertz CT molecular complexity index is 1100. The molecule has 0 unspecified atom stereocenters. The van der Waals surface area contributed by atoms with E-state index in [1.165, 1.54) is 0 Å².